The van der Waals surface area contributed by atoms with Gasteiger partial charge in [-0.3, -0.25) is 9.59 Å². The summed E-state index contributed by atoms with van der Waals surface area (Å²) in [5.74, 6) is -0.864. The minimum atomic E-state index is -0.693. The molecule has 2 aromatic rings. The molecule has 6 nitrogen and oxygen atoms in total. The minimum absolute atomic E-state index is 0.0781. The molecule has 0 spiro atoms. The number of ketones is 1. The number of ether oxygens (including phenoxy) is 1. The average molecular weight is 429 g/mol. The van der Waals surface area contributed by atoms with E-state index in [1.807, 2.05) is 25.9 Å². The number of methoxy groups -OCH3 is 1. The Labute approximate surface area is 181 Å². The van der Waals surface area contributed by atoms with Gasteiger partial charge in [-0.05, 0) is 62.5 Å². The Morgan fingerprint density at radius 2 is 1.83 bits per heavy atom. The number of rotatable bonds is 6. The lowest BCUT2D eigenvalue weighted by molar-refractivity contribution is -0.140. The fraction of sp³-hybridized carbons (Fsp3) is 0.304. The lowest BCUT2D eigenvalue weighted by Gasteiger charge is -2.26. The Morgan fingerprint density at radius 1 is 1.17 bits per heavy atom. The van der Waals surface area contributed by atoms with Crippen LogP contribution in [-0.4, -0.2) is 60.9 Å². The number of hydrogen-bond donors (Lipinski definition) is 1. The number of likely N-dealkylation sites (tertiary alicyclic amines) is 1. The second-order valence-corrected chi connectivity index (χ2v) is 7.96. The van der Waals surface area contributed by atoms with Crippen molar-refractivity contribution in [2.75, 3.05) is 34.3 Å². The molecule has 1 aliphatic heterocycles. The topological polar surface area (TPSA) is 70.1 Å². The zero-order valence-corrected chi connectivity index (χ0v) is 18.2. The van der Waals surface area contributed by atoms with E-state index in [0.29, 0.717) is 35.0 Å². The van der Waals surface area contributed by atoms with Crippen molar-refractivity contribution in [3.8, 4) is 5.75 Å². The molecule has 2 aromatic carbocycles. The fourth-order valence-electron chi connectivity index (χ4n) is 3.58. The predicted molar refractivity (Wildman–Crippen MR) is 117 cm³/mol. The molecule has 1 fully saturated rings. The van der Waals surface area contributed by atoms with Gasteiger partial charge in [0.15, 0.2) is 0 Å². The molecule has 0 aromatic heterocycles. The van der Waals surface area contributed by atoms with Crippen LogP contribution in [0.1, 0.15) is 22.7 Å². The van der Waals surface area contributed by atoms with Crippen LogP contribution in [-0.2, 0) is 9.59 Å². The molecule has 1 N–H and O–H groups in total. The van der Waals surface area contributed by atoms with Crippen LogP contribution in [0.2, 0.25) is 5.02 Å². The number of aliphatic hydroxyl groups is 1. The van der Waals surface area contributed by atoms with Crippen LogP contribution in [0.4, 0.5) is 0 Å². The molecule has 1 amide bonds. The molecule has 0 radical (unpaired) electrons. The maximum Gasteiger partial charge on any atom is 0.295 e. The number of carbonyl (C=O) groups is 2. The number of hydrogen-bond acceptors (Lipinski definition) is 5. The average Bonchev–Trinajstić information content (AvgIpc) is 2.96. The van der Waals surface area contributed by atoms with Crippen LogP contribution in [0, 0.1) is 6.92 Å². The van der Waals surface area contributed by atoms with Gasteiger partial charge in [-0.25, -0.2) is 0 Å². The van der Waals surface area contributed by atoms with E-state index in [0.717, 1.165) is 5.56 Å². The minimum Gasteiger partial charge on any atom is -0.507 e. The van der Waals surface area contributed by atoms with Gasteiger partial charge < -0.3 is 19.6 Å². The Bertz CT molecular complexity index is 999. The SMILES string of the molecule is COc1ccc(/C(O)=C2\C(=O)C(=O)N(CCN(C)C)[C@@H]2c2ccc(Cl)cc2)c(C)c1. The predicted octanol–water partition coefficient (Wildman–Crippen LogP) is 3.64. The van der Waals surface area contributed by atoms with Gasteiger partial charge in [0.2, 0.25) is 0 Å². The standard InChI is InChI=1S/C23H25ClN2O4/c1-14-13-17(30-4)9-10-18(14)21(27)19-20(15-5-7-16(24)8-6-15)26(12-11-25(2)3)23(29)22(19)28/h5-10,13,20,27H,11-12H2,1-4H3/b21-19+/t20-/m1/s1. The third-order valence-electron chi connectivity index (χ3n) is 5.20. The van der Waals surface area contributed by atoms with Gasteiger partial charge >= 0.3 is 0 Å². The number of aryl methyl sites for hydroxylation is 1. The second-order valence-electron chi connectivity index (χ2n) is 7.53. The van der Waals surface area contributed by atoms with Crippen molar-refractivity contribution in [2.24, 2.45) is 0 Å². The first kappa shape index (κ1) is 21.9. The molecule has 0 aliphatic carbocycles. The molecule has 1 aliphatic rings. The van der Waals surface area contributed by atoms with E-state index >= 15 is 0 Å². The van der Waals surface area contributed by atoms with Crippen LogP contribution in [0.5, 0.6) is 5.75 Å². The van der Waals surface area contributed by atoms with Crippen molar-refractivity contribution in [1.82, 2.24) is 9.80 Å². The van der Waals surface area contributed by atoms with Gasteiger partial charge in [0.25, 0.3) is 11.7 Å². The maximum absolute atomic E-state index is 13.0. The Balaban J connectivity index is 2.16. The summed E-state index contributed by atoms with van der Waals surface area (Å²) in [5.41, 5.74) is 2.01. The van der Waals surface area contributed by atoms with Crippen LogP contribution in [0.15, 0.2) is 48.0 Å². The van der Waals surface area contributed by atoms with Crippen LogP contribution in [0.3, 0.4) is 0 Å². The number of Topliss-reactive ketones (excluding diaryl/α,β-unsaturated/α-hetero) is 1. The van der Waals surface area contributed by atoms with Crippen LogP contribution in [0.25, 0.3) is 5.76 Å². The monoisotopic (exact) mass is 428 g/mol. The van der Waals surface area contributed by atoms with Crippen molar-refractivity contribution < 1.29 is 19.4 Å². The Morgan fingerprint density at radius 3 is 2.40 bits per heavy atom. The summed E-state index contributed by atoms with van der Waals surface area (Å²) in [6.45, 7) is 2.75. The van der Waals surface area contributed by atoms with Crippen molar-refractivity contribution in [3.05, 3.63) is 69.8 Å². The molecular weight excluding hydrogens is 404 g/mol. The molecule has 158 valence electrons. The first-order valence-electron chi connectivity index (χ1n) is 9.58. The van der Waals surface area contributed by atoms with Gasteiger partial charge in [-0.15, -0.1) is 0 Å². The highest BCUT2D eigenvalue weighted by Crippen LogP contribution is 2.40. The summed E-state index contributed by atoms with van der Waals surface area (Å²) in [6.07, 6.45) is 0. The Kier molecular flexibility index (Phi) is 6.48. The van der Waals surface area contributed by atoms with Crippen LogP contribution < -0.4 is 4.74 Å². The normalized spacial score (nSPS) is 18.3. The summed E-state index contributed by atoms with van der Waals surface area (Å²) in [6, 6.07) is 11.4. The van der Waals surface area contributed by atoms with Crippen LogP contribution >= 0.6 is 11.6 Å². The van der Waals surface area contributed by atoms with Gasteiger partial charge in [0.05, 0.1) is 18.7 Å². The van der Waals surface area contributed by atoms with E-state index in [4.69, 9.17) is 16.3 Å². The summed E-state index contributed by atoms with van der Waals surface area (Å²) < 4.78 is 5.22. The van der Waals surface area contributed by atoms with E-state index in [2.05, 4.69) is 0 Å². The first-order valence-corrected chi connectivity index (χ1v) is 9.96. The molecule has 30 heavy (non-hydrogen) atoms. The molecule has 1 atom stereocenters. The van der Waals surface area contributed by atoms with E-state index in [-0.39, 0.29) is 11.3 Å². The number of benzene rings is 2. The first-order chi connectivity index (χ1) is 14.2. The highest BCUT2D eigenvalue weighted by Gasteiger charge is 2.46. The lowest BCUT2D eigenvalue weighted by atomic mass is 9.94. The molecule has 3 rings (SSSR count). The lowest BCUT2D eigenvalue weighted by Crippen LogP contribution is -2.35. The smallest absolute Gasteiger partial charge is 0.295 e. The van der Waals surface area contributed by atoms with Crippen molar-refractivity contribution in [1.29, 1.82) is 0 Å². The number of nitrogens with zero attached hydrogens (tertiary/aromatic N) is 2. The summed E-state index contributed by atoms with van der Waals surface area (Å²) in [7, 11) is 5.36. The molecule has 7 heteroatoms. The zero-order chi connectivity index (χ0) is 22.0. The van der Waals surface area contributed by atoms with Gasteiger partial charge in [-0.2, -0.15) is 0 Å². The molecular formula is C23H25ClN2O4. The highest BCUT2D eigenvalue weighted by molar-refractivity contribution is 6.46. The highest BCUT2D eigenvalue weighted by atomic mass is 35.5. The fourth-order valence-corrected chi connectivity index (χ4v) is 3.71. The van der Waals surface area contributed by atoms with Gasteiger partial charge in [-0.1, -0.05) is 23.7 Å². The van der Waals surface area contributed by atoms with Crippen molar-refractivity contribution in [2.45, 2.75) is 13.0 Å². The number of aliphatic hydroxyl groups excluding tert-OH is 1. The molecule has 0 bridgehead atoms. The van der Waals surface area contributed by atoms with E-state index in [9.17, 15) is 14.7 Å². The third-order valence-corrected chi connectivity index (χ3v) is 5.45. The quantitative estimate of drug-likeness (QED) is 0.432. The third kappa shape index (κ3) is 4.20. The zero-order valence-electron chi connectivity index (χ0n) is 17.5. The van der Waals surface area contributed by atoms with E-state index in [1.165, 1.54) is 4.90 Å². The molecule has 1 saturated heterocycles. The number of carbonyl (C=O) groups excluding carboxylic acids is 2. The largest absolute Gasteiger partial charge is 0.507 e. The van der Waals surface area contributed by atoms with Crippen molar-refractivity contribution in [3.63, 3.8) is 0 Å². The Hall–Kier alpha value is -2.83. The number of likely N-dealkylation sites (N-methyl/N-ethyl adjacent to an activating group) is 1. The molecule has 0 unspecified atom stereocenters. The summed E-state index contributed by atoms with van der Waals surface area (Å²) in [4.78, 5) is 29.3. The number of amides is 1. The summed E-state index contributed by atoms with van der Waals surface area (Å²) >= 11 is 6.03. The van der Waals surface area contributed by atoms with E-state index < -0.39 is 17.7 Å². The maximum atomic E-state index is 13.0. The number of halogens is 1. The van der Waals surface area contributed by atoms with Gasteiger partial charge in [0.1, 0.15) is 11.5 Å². The van der Waals surface area contributed by atoms with Crippen molar-refractivity contribution >= 4 is 29.1 Å². The summed E-state index contributed by atoms with van der Waals surface area (Å²) in [5, 5.41) is 11.7. The second kappa shape index (κ2) is 8.90. The van der Waals surface area contributed by atoms with Gasteiger partial charge in [0, 0.05) is 23.7 Å². The molecule has 1 heterocycles. The molecule has 0 saturated carbocycles. The van der Waals surface area contributed by atoms with E-state index in [1.54, 1.807) is 49.6 Å².